The molecule has 1 aromatic rings. The predicted octanol–water partition coefficient (Wildman–Crippen LogP) is 0.712. The topological polar surface area (TPSA) is 78.5 Å². The Morgan fingerprint density at radius 2 is 1.96 bits per heavy atom. The molecule has 24 heavy (non-hydrogen) atoms. The first-order valence-electron chi connectivity index (χ1n) is 8.92. The van der Waals surface area contributed by atoms with Gasteiger partial charge < -0.3 is 14.5 Å². The van der Waals surface area contributed by atoms with Gasteiger partial charge in [-0.1, -0.05) is 0 Å². The molecule has 1 unspecified atom stereocenters. The van der Waals surface area contributed by atoms with Crippen LogP contribution in [0.1, 0.15) is 36.9 Å². The van der Waals surface area contributed by atoms with E-state index >= 15 is 0 Å². The van der Waals surface area contributed by atoms with Crippen LogP contribution in [0.3, 0.4) is 0 Å². The summed E-state index contributed by atoms with van der Waals surface area (Å²) in [6.07, 6.45) is 5.72. The maximum Gasteiger partial charge on any atom is 0.251 e. The van der Waals surface area contributed by atoms with Gasteiger partial charge in [0.1, 0.15) is 6.10 Å². The summed E-state index contributed by atoms with van der Waals surface area (Å²) in [5.41, 5.74) is 2.27. The van der Waals surface area contributed by atoms with Gasteiger partial charge in [0.15, 0.2) is 0 Å². The van der Waals surface area contributed by atoms with Gasteiger partial charge in [-0.05, 0) is 25.7 Å². The summed E-state index contributed by atoms with van der Waals surface area (Å²) in [4.78, 5) is 29.0. The van der Waals surface area contributed by atoms with Crippen LogP contribution in [0.5, 0.6) is 0 Å². The fourth-order valence-corrected chi connectivity index (χ4v) is 3.99. The molecule has 4 heterocycles. The van der Waals surface area contributed by atoms with Crippen molar-refractivity contribution in [2.75, 3.05) is 26.2 Å². The van der Waals surface area contributed by atoms with E-state index in [-0.39, 0.29) is 23.8 Å². The van der Waals surface area contributed by atoms with Crippen molar-refractivity contribution in [3.8, 4) is 0 Å². The molecular formula is C17H24N4O3. The molecule has 7 nitrogen and oxygen atoms in total. The van der Waals surface area contributed by atoms with E-state index in [1.807, 2.05) is 16.0 Å². The number of aromatic amines is 1. The molecule has 0 saturated carbocycles. The van der Waals surface area contributed by atoms with Crippen molar-refractivity contribution in [1.82, 2.24) is 20.0 Å². The second kappa shape index (κ2) is 6.55. The van der Waals surface area contributed by atoms with Crippen LogP contribution in [0.15, 0.2) is 6.20 Å². The minimum Gasteiger partial charge on any atom is -0.368 e. The molecule has 0 aliphatic carbocycles. The lowest BCUT2D eigenvalue weighted by atomic mass is 9.93. The Balaban J connectivity index is 1.31. The van der Waals surface area contributed by atoms with Crippen LogP contribution in [0.2, 0.25) is 0 Å². The largest absolute Gasteiger partial charge is 0.368 e. The first-order chi connectivity index (χ1) is 11.7. The first-order valence-corrected chi connectivity index (χ1v) is 8.92. The smallest absolute Gasteiger partial charge is 0.251 e. The van der Waals surface area contributed by atoms with Gasteiger partial charge in [0.2, 0.25) is 5.91 Å². The Bertz CT molecular complexity index is 615. The van der Waals surface area contributed by atoms with Gasteiger partial charge in [0.25, 0.3) is 5.91 Å². The summed E-state index contributed by atoms with van der Waals surface area (Å²) in [6.45, 7) is 3.43. The zero-order chi connectivity index (χ0) is 16.5. The van der Waals surface area contributed by atoms with E-state index in [9.17, 15) is 9.59 Å². The van der Waals surface area contributed by atoms with Crippen molar-refractivity contribution < 1.29 is 14.3 Å². The summed E-state index contributed by atoms with van der Waals surface area (Å²) < 4.78 is 5.49. The lowest BCUT2D eigenvalue weighted by Crippen LogP contribution is -2.47. The van der Waals surface area contributed by atoms with Crippen molar-refractivity contribution in [3.63, 3.8) is 0 Å². The maximum absolute atomic E-state index is 12.8. The average Bonchev–Trinajstić information content (AvgIpc) is 3.31. The molecule has 3 aliphatic heterocycles. The number of hydrogen-bond donors (Lipinski definition) is 1. The number of hydrogen-bond acceptors (Lipinski definition) is 4. The molecule has 0 aromatic carbocycles. The van der Waals surface area contributed by atoms with Crippen molar-refractivity contribution in [2.45, 2.75) is 44.8 Å². The van der Waals surface area contributed by atoms with Gasteiger partial charge in [-0.15, -0.1) is 0 Å². The fraction of sp³-hybridized carbons (Fsp3) is 0.706. The second-order valence-electron chi connectivity index (χ2n) is 6.98. The van der Waals surface area contributed by atoms with Crippen LogP contribution < -0.4 is 0 Å². The number of fused-ring (bicyclic) bond motifs is 1. The van der Waals surface area contributed by atoms with Crippen LogP contribution >= 0.6 is 0 Å². The molecule has 130 valence electrons. The fourth-order valence-electron chi connectivity index (χ4n) is 3.99. The maximum atomic E-state index is 12.8. The molecule has 2 fully saturated rings. The summed E-state index contributed by atoms with van der Waals surface area (Å²) in [5.74, 6) is 0.373. The van der Waals surface area contributed by atoms with Gasteiger partial charge in [0, 0.05) is 56.4 Å². The lowest BCUT2D eigenvalue weighted by molar-refractivity contribution is -0.146. The van der Waals surface area contributed by atoms with E-state index in [4.69, 9.17) is 4.74 Å². The summed E-state index contributed by atoms with van der Waals surface area (Å²) in [6, 6.07) is 0. The highest BCUT2D eigenvalue weighted by Gasteiger charge is 2.34. The number of carbonyl (C=O) groups excluding carboxylic acids is 2. The predicted molar refractivity (Wildman–Crippen MR) is 86.0 cm³/mol. The standard InChI is InChI=1S/C17H24N4O3/c22-16(21-8-5-14-13(11-21)10-18-19-14)12-3-6-20(7-4-12)17(23)15-2-1-9-24-15/h10,12,15H,1-9,11H2,(H,18,19). The van der Waals surface area contributed by atoms with E-state index in [1.165, 1.54) is 0 Å². The van der Waals surface area contributed by atoms with Crippen LogP contribution in [0.4, 0.5) is 0 Å². The SMILES string of the molecule is O=C(C1CCN(C(=O)C2CCCO2)CC1)N1CCc2[nH]ncc2C1. The van der Waals surface area contributed by atoms with Gasteiger partial charge in [-0.2, -0.15) is 5.10 Å². The third kappa shape index (κ3) is 2.92. The van der Waals surface area contributed by atoms with Crippen LogP contribution in [-0.4, -0.2) is 64.2 Å². The van der Waals surface area contributed by atoms with Crippen LogP contribution in [0.25, 0.3) is 0 Å². The van der Waals surface area contributed by atoms with E-state index in [2.05, 4.69) is 10.2 Å². The number of H-pyrrole nitrogens is 1. The Morgan fingerprint density at radius 1 is 1.12 bits per heavy atom. The third-order valence-electron chi connectivity index (χ3n) is 5.47. The highest BCUT2D eigenvalue weighted by molar-refractivity contribution is 5.82. The highest BCUT2D eigenvalue weighted by atomic mass is 16.5. The summed E-state index contributed by atoms with van der Waals surface area (Å²) in [7, 11) is 0. The lowest BCUT2D eigenvalue weighted by Gasteiger charge is -2.36. The van der Waals surface area contributed by atoms with E-state index in [0.29, 0.717) is 26.2 Å². The molecule has 0 spiro atoms. The van der Waals surface area contributed by atoms with Gasteiger partial charge in [-0.25, -0.2) is 0 Å². The number of aromatic nitrogens is 2. The number of rotatable bonds is 2. The number of ether oxygens (including phenoxy) is 1. The molecule has 1 atom stereocenters. The van der Waals surface area contributed by atoms with Crippen LogP contribution in [0, 0.1) is 5.92 Å². The normalized spacial score (nSPS) is 24.9. The van der Waals surface area contributed by atoms with E-state index in [0.717, 1.165) is 49.9 Å². The molecule has 0 bridgehead atoms. The van der Waals surface area contributed by atoms with E-state index < -0.39 is 0 Å². The Labute approximate surface area is 141 Å². The molecular weight excluding hydrogens is 308 g/mol. The van der Waals surface area contributed by atoms with Gasteiger partial charge in [0.05, 0.1) is 6.20 Å². The first kappa shape index (κ1) is 15.6. The molecule has 1 aromatic heterocycles. The molecule has 1 N–H and O–H groups in total. The number of likely N-dealkylation sites (tertiary alicyclic amines) is 1. The van der Waals surface area contributed by atoms with Crippen molar-refractivity contribution >= 4 is 11.8 Å². The monoisotopic (exact) mass is 332 g/mol. The van der Waals surface area contributed by atoms with Gasteiger partial charge >= 0.3 is 0 Å². The minimum absolute atomic E-state index is 0.0343. The van der Waals surface area contributed by atoms with E-state index in [1.54, 1.807) is 0 Å². The molecule has 0 radical (unpaired) electrons. The van der Waals surface area contributed by atoms with Crippen LogP contribution in [-0.2, 0) is 27.3 Å². The second-order valence-corrected chi connectivity index (χ2v) is 6.98. The molecule has 7 heteroatoms. The van der Waals surface area contributed by atoms with Crippen molar-refractivity contribution in [1.29, 1.82) is 0 Å². The number of carbonyl (C=O) groups is 2. The number of amides is 2. The Morgan fingerprint density at radius 3 is 2.71 bits per heavy atom. The zero-order valence-electron chi connectivity index (χ0n) is 13.9. The highest BCUT2D eigenvalue weighted by Crippen LogP contribution is 2.25. The van der Waals surface area contributed by atoms with Crippen molar-refractivity contribution in [3.05, 3.63) is 17.5 Å². The zero-order valence-corrected chi connectivity index (χ0v) is 13.9. The third-order valence-corrected chi connectivity index (χ3v) is 5.47. The number of nitrogens with zero attached hydrogens (tertiary/aromatic N) is 3. The molecule has 3 aliphatic rings. The van der Waals surface area contributed by atoms with Crippen molar-refractivity contribution in [2.24, 2.45) is 5.92 Å². The molecule has 4 rings (SSSR count). The molecule has 2 saturated heterocycles. The summed E-state index contributed by atoms with van der Waals surface area (Å²) >= 11 is 0. The van der Waals surface area contributed by atoms with Gasteiger partial charge in [-0.3, -0.25) is 14.7 Å². The number of piperidine rings is 1. The molecule has 2 amide bonds. The summed E-state index contributed by atoms with van der Waals surface area (Å²) in [5, 5.41) is 7.06. The minimum atomic E-state index is -0.251. The number of nitrogens with one attached hydrogen (secondary N) is 1. The Kier molecular flexibility index (Phi) is 4.26. The quantitative estimate of drug-likeness (QED) is 0.865. The average molecular weight is 332 g/mol. The Hall–Kier alpha value is -1.89.